The van der Waals surface area contributed by atoms with Crippen LogP contribution in [-0.4, -0.2) is 11.5 Å². The summed E-state index contributed by atoms with van der Waals surface area (Å²) in [5.41, 5.74) is 0.823. The molecule has 1 rings (SSSR count). The molecule has 3 nitrogen and oxygen atoms in total. The second-order valence-corrected chi connectivity index (χ2v) is 1.87. The molecule has 0 aromatic carbocycles. The van der Waals surface area contributed by atoms with Crippen molar-refractivity contribution in [1.29, 1.82) is 0 Å². The molecule has 0 saturated carbocycles. The first-order valence-electron chi connectivity index (χ1n) is 3.04. The van der Waals surface area contributed by atoms with Gasteiger partial charge in [-0.05, 0) is 11.6 Å². The van der Waals surface area contributed by atoms with Crippen molar-refractivity contribution in [3.8, 4) is 5.75 Å². The van der Waals surface area contributed by atoms with Gasteiger partial charge in [0.2, 0.25) is 0 Å². The Balaban J connectivity index is 2.90. The van der Waals surface area contributed by atoms with E-state index in [1.54, 1.807) is 18.3 Å². The Kier molecular flexibility index (Phi) is 2.38. The third-order valence-corrected chi connectivity index (χ3v) is 1.15. The van der Waals surface area contributed by atoms with E-state index in [0.717, 1.165) is 5.56 Å². The Morgan fingerprint density at radius 2 is 2.36 bits per heavy atom. The van der Waals surface area contributed by atoms with Gasteiger partial charge in [0.1, 0.15) is 5.75 Å². The van der Waals surface area contributed by atoms with Gasteiger partial charge in [-0.2, -0.15) is 0 Å². The lowest BCUT2D eigenvalue weighted by molar-refractivity contribution is -0.120. The number of hydrogen-bond donors (Lipinski definition) is 0. The maximum atomic E-state index is 9.90. The van der Waals surface area contributed by atoms with Crippen LogP contribution in [0.15, 0.2) is 25.0 Å². The van der Waals surface area contributed by atoms with Crippen LogP contribution in [0.4, 0.5) is 0 Å². The summed E-state index contributed by atoms with van der Waals surface area (Å²) >= 11 is 0. The first-order chi connectivity index (χ1) is 5.36. The summed E-state index contributed by atoms with van der Waals surface area (Å²) in [6.07, 6.45) is 4.72. The monoisotopic (exact) mass is 149 g/mol. The van der Waals surface area contributed by atoms with Gasteiger partial charge in [-0.25, -0.2) is 0 Å². The summed E-state index contributed by atoms with van der Waals surface area (Å²) < 4.78 is 4.56. The molecule has 0 aliphatic heterocycles. The predicted molar refractivity (Wildman–Crippen MR) is 41.0 cm³/mol. The fourth-order valence-electron chi connectivity index (χ4n) is 0.667. The lowest BCUT2D eigenvalue weighted by atomic mass is 10.3. The Hall–Kier alpha value is -1.64. The van der Waals surface area contributed by atoms with Crippen molar-refractivity contribution in [3.05, 3.63) is 30.6 Å². The van der Waals surface area contributed by atoms with E-state index in [2.05, 4.69) is 16.3 Å². The highest BCUT2D eigenvalue weighted by atomic mass is 16.5. The van der Waals surface area contributed by atoms with Crippen LogP contribution >= 0.6 is 0 Å². The number of rotatable bonds is 3. The fraction of sp³-hybridized carbons (Fsp3) is 0. The van der Waals surface area contributed by atoms with E-state index in [-0.39, 0.29) is 0 Å². The quantitative estimate of drug-likeness (QED) is 0.607. The van der Waals surface area contributed by atoms with Crippen LogP contribution in [0.25, 0.3) is 6.08 Å². The first-order valence-corrected chi connectivity index (χ1v) is 3.04. The molecular formula is C8H7NO2. The predicted octanol–water partition coefficient (Wildman–Crippen LogP) is 1.26. The van der Waals surface area contributed by atoms with Crippen molar-refractivity contribution >= 4 is 12.5 Å². The van der Waals surface area contributed by atoms with E-state index in [9.17, 15) is 4.79 Å². The standard InChI is InChI=1S/C8H7NO2/c1-2-7-3-8(11-6-10)5-9-4-7/h2-6H,1H2. The van der Waals surface area contributed by atoms with Crippen molar-refractivity contribution in [1.82, 2.24) is 4.98 Å². The van der Waals surface area contributed by atoms with Crippen LogP contribution < -0.4 is 4.74 Å². The summed E-state index contributed by atoms with van der Waals surface area (Å²) in [6, 6.07) is 1.67. The SMILES string of the molecule is C=Cc1cncc(OC=O)c1. The zero-order valence-corrected chi connectivity index (χ0v) is 5.86. The van der Waals surface area contributed by atoms with Gasteiger partial charge in [0.25, 0.3) is 6.47 Å². The molecule has 0 spiro atoms. The van der Waals surface area contributed by atoms with E-state index in [0.29, 0.717) is 12.2 Å². The van der Waals surface area contributed by atoms with Crippen molar-refractivity contribution < 1.29 is 9.53 Å². The van der Waals surface area contributed by atoms with Gasteiger partial charge in [-0.1, -0.05) is 12.7 Å². The van der Waals surface area contributed by atoms with Gasteiger partial charge in [-0.15, -0.1) is 0 Å². The molecule has 0 aliphatic rings. The van der Waals surface area contributed by atoms with Crippen molar-refractivity contribution in [3.63, 3.8) is 0 Å². The zero-order chi connectivity index (χ0) is 8.10. The van der Waals surface area contributed by atoms with E-state index in [1.807, 2.05) is 0 Å². The number of carbonyl (C=O) groups is 1. The highest BCUT2D eigenvalue weighted by Crippen LogP contribution is 2.10. The summed E-state index contributed by atoms with van der Waals surface area (Å²) in [7, 11) is 0. The van der Waals surface area contributed by atoms with Crippen LogP contribution in [-0.2, 0) is 4.79 Å². The highest BCUT2D eigenvalue weighted by molar-refractivity contribution is 5.50. The summed E-state index contributed by atoms with van der Waals surface area (Å²) in [4.78, 5) is 13.7. The summed E-state index contributed by atoms with van der Waals surface area (Å²) in [6.45, 7) is 3.91. The molecule has 0 atom stereocenters. The largest absolute Gasteiger partial charge is 0.427 e. The molecule has 11 heavy (non-hydrogen) atoms. The number of aromatic nitrogens is 1. The van der Waals surface area contributed by atoms with Gasteiger partial charge in [0, 0.05) is 6.20 Å². The summed E-state index contributed by atoms with van der Waals surface area (Å²) in [5, 5.41) is 0. The van der Waals surface area contributed by atoms with Crippen LogP contribution in [0.5, 0.6) is 5.75 Å². The molecule has 0 unspecified atom stereocenters. The molecule has 1 aromatic rings. The van der Waals surface area contributed by atoms with E-state index in [1.165, 1.54) is 6.20 Å². The molecule has 56 valence electrons. The maximum Gasteiger partial charge on any atom is 0.298 e. The van der Waals surface area contributed by atoms with Crippen molar-refractivity contribution in [2.24, 2.45) is 0 Å². The van der Waals surface area contributed by atoms with Gasteiger partial charge < -0.3 is 4.74 Å². The molecule has 0 radical (unpaired) electrons. The van der Waals surface area contributed by atoms with Crippen LogP contribution in [0.1, 0.15) is 5.56 Å². The third kappa shape index (κ3) is 1.89. The molecular weight excluding hydrogens is 142 g/mol. The van der Waals surface area contributed by atoms with Gasteiger partial charge >= 0.3 is 0 Å². The smallest absolute Gasteiger partial charge is 0.298 e. The molecule has 1 heterocycles. The average molecular weight is 149 g/mol. The Bertz CT molecular complexity index is 271. The molecule has 0 aliphatic carbocycles. The normalized spacial score (nSPS) is 8.73. The van der Waals surface area contributed by atoms with Crippen molar-refractivity contribution in [2.75, 3.05) is 0 Å². The number of nitrogens with zero attached hydrogens (tertiary/aromatic N) is 1. The number of carbonyl (C=O) groups excluding carboxylic acids is 1. The molecule has 0 bridgehead atoms. The lowest BCUT2D eigenvalue weighted by Crippen LogP contribution is -1.89. The van der Waals surface area contributed by atoms with Gasteiger partial charge in [0.05, 0.1) is 6.20 Å². The second kappa shape index (κ2) is 3.51. The fourth-order valence-corrected chi connectivity index (χ4v) is 0.667. The number of ether oxygens (including phenoxy) is 1. The summed E-state index contributed by atoms with van der Waals surface area (Å²) in [5.74, 6) is 0.428. The Labute approximate surface area is 64.3 Å². The molecule has 0 saturated heterocycles. The Morgan fingerprint density at radius 1 is 1.55 bits per heavy atom. The molecule has 0 amide bonds. The first kappa shape index (κ1) is 7.47. The zero-order valence-electron chi connectivity index (χ0n) is 5.86. The number of pyridine rings is 1. The molecule has 0 N–H and O–H groups in total. The van der Waals surface area contributed by atoms with E-state index < -0.39 is 0 Å². The Morgan fingerprint density at radius 3 is 3.00 bits per heavy atom. The van der Waals surface area contributed by atoms with E-state index in [4.69, 9.17) is 0 Å². The lowest BCUT2D eigenvalue weighted by Gasteiger charge is -1.96. The molecule has 0 fully saturated rings. The van der Waals surface area contributed by atoms with Crippen LogP contribution in [0.2, 0.25) is 0 Å². The van der Waals surface area contributed by atoms with Crippen LogP contribution in [0.3, 0.4) is 0 Å². The van der Waals surface area contributed by atoms with Gasteiger partial charge in [0.15, 0.2) is 0 Å². The minimum atomic E-state index is 0.365. The minimum Gasteiger partial charge on any atom is -0.427 e. The van der Waals surface area contributed by atoms with Crippen molar-refractivity contribution in [2.45, 2.75) is 0 Å². The number of hydrogen-bond acceptors (Lipinski definition) is 3. The van der Waals surface area contributed by atoms with E-state index >= 15 is 0 Å². The van der Waals surface area contributed by atoms with Crippen LogP contribution in [0, 0.1) is 0 Å². The minimum absolute atomic E-state index is 0.365. The average Bonchev–Trinajstić information content (AvgIpc) is 2.06. The highest BCUT2D eigenvalue weighted by Gasteiger charge is 1.92. The maximum absolute atomic E-state index is 9.90. The third-order valence-electron chi connectivity index (χ3n) is 1.15. The second-order valence-electron chi connectivity index (χ2n) is 1.87. The topological polar surface area (TPSA) is 39.2 Å². The molecule has 3 heteroatoms. The van der Waals surface area contributed by atoms with Gasteiger partial charge in [-0.3, -0.25) is 9.78 Å². The molecule has 1 aromatic heterocycles.